The van der Waals surface area contributed by atoms with Gasteiger partial charge in [0, 0.05) is 24.7 Å². The van der Waals surface area contributed by atoms with Gasteiger partial charge in [-0.15, -0.1) is 0 Å². The normalized spacial score (nSPS) is 9.92. The van der Waals surface area contributed by atoms with Crippen LogP contribution in [0.4, 0.5) is 0 Å². The van der Waals surface area contributed by atoms with Crippen LogP contribution in [-0.2, 0) is 11.2 Å². The summed E-state index contributed by atoms with van der Waals surface area (Å²) in [5.41, 5.74) is 0.878. The molecular weight excluding hydrogens is 162 g/mol. The molecule has 0 aliphatic rings. The lowest BCUT2D eigenvalue weighted by Crippen LogP contribution is -2.03. The zero-order chi connectivity index (χ0) is 9.52. The molecule has 0 atom stereocenters. The van der Waals surface area contributed by atoms with E-state index in [9.17, 15) is 4.79 Å². The Morgan fingerprint density at radius 3 is 2.92 bits per heavy atom. The van der Waals surface area contributed by atoms with Crippen molar-refractivity contribution < 1.29 is 4.79 Å². The second-order valence-corrected chi connectivity index (χ2v) is 3.14. The van der Waals surface area contributed by atoms with Crippen molar-refractivity contribution >= 4 is 5.78 Å². The number of carbonyl (C=O) groups excluding carboxylic acids is 1. The molecule has 0 fully saturated rings. The Balaban J connectivity index is 2.37. The van der Waals surface area contributed by atoms with Gasteiger partial charge in [0.25, 0.3) is 0 Å². The van der Waals surface area contributed by atoms with Gasteiger partial charge < -0.3 is 0 Å². The maximum Gasteiger partial charge on any atom is 0.138 e. The third kappa shape index (κ3) is 3.83. The average Bonchev–Trinajstić information content (AvgIpc) is 2.16. The van der Waals surface area contributed by atoms with E-state index in [0.717, 1.165) is 18.5 Å². The number of hydrogen-bond donors (Lipinski definition) is 0. The highest BCUT2D eigenvalue weighted by molar-refractivity contribution is 5.80. The maximum absolute atomic E-state index is 11.3. The van der Waals surface area contributed by atoms with Gasteiger partial charge in [0.15, 0.2) is 0 Å². The lowest BCUT2D eigenvalue weighted by atomic mass is 10.1. The van der Waals surface area contributed by atoms with Crippen LogP contribution >= 0.6 is 0 Å². The minimum absolute atomic E-state index is 0.292. The molecule has 0 amide bonds. The fourth-order valence-corrected chi connectivity index (χ4v) is 1.17. The Morgan fingerprint density at radius 2 is 2.31 bits per heavy atom. The second kappa shape index (κ2) is 5.46. The fraction of sp³-hybridized carbons (Fsp3) is 0.455. The third-order valence-corrected chi connectivity index (χ3v) is 1.91. The van der Waals surface area contributed by atoms with Crippen molar-refractivity contribution in [2.45, 2.75) is 32.6 Å². The molecule has 0 bridgehead atoms. The maximum atomic E-state index is 11.3. The van der Waals surface area contributed by atoms with Crippen molar-refractivity contribution in [1.29, 1.82) is 0 Å². The van der Waals surface area contributed by atoms with Crippen molar-refractivity contribution in [2.24, 2.45) is 0 Å². The summed E-state index contributed by atoms with van der Waals surface area (Å²) in [6, 6.07) is 5.67. The zero-order valence-electron chi connectivity index (χ0n) is 7.99. The Hall–Kier alpha value is -1.18. The molecule has 2 nitrogen and oxygen atoms in total. The van der Waals surface area contributed by atoms with E-state index in [1.807, 2.05) is 18.2 Å². The predicted molar refractivity (Wildman–Crippen MR) is 52.5 cm³/mol. The van der Waals surface area contributed by atoms with Crippen molar-refractivity contribution in [3.8, 4) is 0 Å². The van der Waals surface area contributed by atoms with Gasteiger partial charge in [-0.1, -0.05) is 19.4 Å². The first-order valence-corrected chi connectivity index (χ1v) is 4.74. The Bertz CT molecular complexity index is 256. The van der Waals surface area contributed by atoms with E-state index in [-0.39, 0.29) is 0 Å². The monoisotopic (exact) mass is 177 g/mol. The Morgan fingerprint density at radius 1 is 1.46 bits per heavy atom. The van der Waals surface area contributed by atoms with Crippen molar-refractivity contribution in [1.82, 2.24) is 4.98 Å². The van der Waals surface area contributed by atoms with Crippen molar-refractivity contribution in [3.63, 3.8) is 0 Å². The molecular formula is C11H15NO. The minimum Gasteiger partial charge on any atom is -0.299 e. The van der Waals surface area contributed by atoms with Gasteiger partial charge in [0.05, 0.1) is 0 Å². The molecule has 1 aromatic heterocycles. The fourth-order valence-electron chi connectivity index (χ4n) is 1.17. The molecule has 0 aliphatic heterocycles. The number of nitrogens with zero attached hydrogens (tertiary/aromatic N) is 1. The number of unbranched alkanes of at least 4 members (excludes halogenated alkanes) is 1. The summed E-state index contributed by atoms with van der Waals surface area (Å²) < 4.78 is 0. The smallest absolute Gasteiger partial charge is 0.138 e. The molecule has 1 rings (SSSR count). The van der Waals surface area contributed by atoms with Crippen LogP contribution in [-0.4, -0.2) is 10.8 Å². The topological polar surface area (TPSA) is 30.0 Å². The van der Waals surface area contributed by atoms with Crippen LogP contribution in [0.5, 0.6) is 0 Å². The highest BCUT2D eigenvalue weighted by Crippen LogP contribution is 2.01. The van der Waals surface area contributed by atoms with Crippen molar-refractivity contribution in [3.05, 3.63) is 30.1 Å². The summed E-state index contributed by atoms with van der Waals surface area (Å²) >= 11 is 0. The molecule has 0 aromatic carbocycles. The van der Waals surface area contributed by atoms with Crippen LogP contribution in [0.15, 0.2) is 24.4 Å². The molecule has 0 radical (unpaired) electrons. The SMILES string of the molecule is CCCCC(=O)Cc1ccccn1. The number of pyridine rings is 1. The summed E-state index contributed by atoms with van der Waals surface area (Å²) in [4.78, 5) is 15.4. The quantitative estimate of drug-likeness (QED) is 0.691. The Kier molecular flexibility index (Phi) is 4.16. The first-order chi connectivity index (χ1) is 6.33. The third-order valence-electron chi connectivity index (χ3n) is 1.91. The number of Topliss-reactive ketones (excluding diaryl/α,β-unsaturated/α-hetero) is 1. The molecule has 0 saturated carbocycles. The van der Waals surface area contributed by atoms with E-state index in [1.165, 1.54) is 0 Å². The molecule has 0 saturated heterocycles. The van der Waals surface area contributed by atoms with E-state index in [4.69, 9.17) is 0 Å². The zero-order valence-corrected chi connectivity index (χ0v) is 7.99. The van der Waals surface area contributed by atoms with Gasteiger partial charge in [0.1, 0.15) is 5.78 Å². The van der Waals surface area contributed by atoms with Gasteiger partial charge in [-0.2, -0.15) is 0 Å². The molecule has 13 heavy (non-hydrogen) atoms. The molecule has 70 valence electrons. The summed E-state index contributed by atoms with van der Waals surface area (Å²) in [6.45, 7) is 2.09. The number of rotatable bonds is 5. The molecule has 0 unspecified atom stereocenters. The first kappa shape index (κ1) is 9.90. The van der Waals surface area contributed by atoms with Gasteiger partial charge in [0.2, 0.25) is 0 Å². The molecule has 2 heteroatoms. The van der Waals surface area contributed by atoms with Crippen LogP contribution in [0, 0.1) is 0 Å². The van der Waals surface area contributed by atoms with Gasteiger partial charge in [-0.3, -0.25) is 9.78 Å². The summed E-state index contributed by atoms with van der Waals surface area (Å²) in [5.74, 6) is 0.292. The number of ketones is 1. The predicted octanol–water partition coefficient (Wildman–Crippen LogP) is 2.38. The van der Waals surface area contributed by atoms with Crippen LogP contribution in [0.1, 0.15) is 31.9 Å². The number of aromatic nitrogens is 1. The van der Waals surface area contributed by atoms with Crippen LogP contribution in [0.25, 0.3) is 0 Å². The van der Waals surface area contributed by atoms with E-state index in [0.29, 0.717) is 18.6 Å². The molecule has 0 spiro atoms. The summed E-state index contributed by atoms with van der Waals surface area (Å²) in [7, 11) is 0. The Labute approximate surface area is 79.0 Å². The second-order valence-electron chi connectivity index (χ2n) is 3.14. The highest BCUT2D eigenvalue weighted by atomic mass is 16.1. The minimum atomic E-state index is 0.292. The summed E-state index contributed by atoms with van der Waals surface area (Å²) in [6.07, 6.45) is 4.97. The standard InChI is InChI=1S/C11H15NO/c1-2-3-7-11(13)9-10-6-4-5-8-12-10/h4-6,8H,2-3,7,9H2,1H3. The largest absolute Gasteiger partial charge is 0.299 e. The van der Waals surface area contributed by atoms with E-state index in [2.05, 4.69) is 11.9 Å². The number of carbonyl (C=O) groups is 1. The van der Waals surface area contributed by atoms with E-state index in [1.54, 1.807) is 6.20 Å². The van der Waals surface area contributed by atoms with Gasteiger partial charge >= 0.3 is 0 Å². The molecule has 1 heterocycles. The van der Waals surface area contributed by atoms with Gasteiger partial charge in [-0.05, 0) is 18.6 Å². The van der Waals surface area contributed by atoms with Crippen LogP contribution in [0.2, 0.25) is 0 Å². The molecule has 0 aliphatic carbocycles. The lowest BCUT2D eigenvalue weighted by molar-refractivity contribution is -0.118. The highest BCUT2D eigenvalue weighted by Gasteiger charge is 2.02. The lowest BCUT2D eigenvalue weighted by Gasteiger charge is -1.98. The van der Waals surface area contributed by atoms with E-state index < -0.39 is 0 Å². The summed E-state index contributed by atoms with van der Waals surface area (Å²) in [5, 5.41) is 0. The van der Waals surface area contributed by atoms with E-state index >= 15 is 0 Å². The first-order valence-electron chi connectivity index (χ1n) is 4.74. The van der Waals surface area contributed by atoms with Crippen molar-refractivity contribution in [2.75, 3.05) is 0 Å². The van der Waals surface area contributed by atoms with Gasteiger partial charge in [-0.25, -0.2) is 0 Å². The van der Waals surface area contributed by atoms with Crippen LogP contribution in [0.3, 0.4) is 0 Å². The van der Waals surface area contributed by atoms with Crippen LogP contribution < -0.4 is 0 Å². The molecule has 0 N–H and O–H groups in total. The number of hydrogen-bond acceptors (Lipinski definition) is 2. The average molecular weight is 177 g/mol. The molecule has 1 aromatic rings.